The Kier molecular flexibility index (Phi) is 4.61. The zero-order chi connectivity index (χ0) is 13.8. The maximum atomic E-state index is 11.4. The van der Waals surface area contributed by atoms with Gasteiger partial charge in [-0.3, -0.25) is 15.1 Å². The number of rotatable bonds is 6. The van der Waals surface area contributed by atoms with Crippen molar-refractivity contribution in [1.29, 1.82) is 0 Å². The van der Waals surface area contributed by atoms with E-state index in [1.807, 2.05) is 6.92 Å². The van der Waals surface area contributed by atoms with Crippen molar-refractivity contribution in [3.8, 4) is 0 Å². The molecule has 0 bridgehead atoms. The summed E-state index contributed by atoms with van der Waals surface area (Å²) in [5, 5.41) is 0. The van der Waals surface area contributed by atoms with Gasteiger partial charge < -0.3 is 4.42 Å². The number of nitrogen functional groups attached to an aromatic ring is 1. The molecule has 19 heavy (non-hydrogen) atoms. The second kappa shape index (κ2) is 6.21. The highest BCUT2D eigenvalue weighted by atomic mass is 16.4. The van der Waals surface area contributed by atoms with Gasteiger partial charge in [-0.15, -0.1) is 0 Å². The van der Waals surface area contributed by atoms with Gasteiger partial charge in [0.2, 0.25) is 0 Å². The minimum absolute atomic E-state index is 0.287. The molecule has 1 aromatic rings. The van der Waals surface area contributed by atoms with Gasteiger partial charge in [0.15, 0.2) is 5.76 Å². The first-order chi connectivity index (χ1) is 9.13. The number of amides is 1. The van der Waals surface area contributed by atoms with Gasteiger partial charge in [0.25, 0.3) is 0 Å². The highest BCUT2D eigenvalue weighted by molar-refractivity contribution is 5.91. The molecule has 1 aliphatic rings. The Balaban J connectivity index is 1.99. The zero-order valence-electron chi connectivity index (χ0n) is 11.7. The van der Waals surface area contributed by atoms with E-state index < -0.39 is 0 Å². The Morgan fingerprint density at radius 3 is 2.84 bits per heavy atom. The number of furan rings is 1. The summed E-state index contributed by atoms with van der Waals surface area (Å²) >= 11 is 0. The molecule has 1 aromatic heterocycles. The highest BCUT2D eigenvalue weighted by Crippen LogP contribution is 2.28. The van der Waals surface area contributed by atoms with E-state index in [0.717, 1.165) is 36.9 Å². The first kappa shape index (κ1) is 14.1. The van der Waals surface area contributed by atoms with E-state index in [1.165, 1.54) is 19.3 Å². The van der Waals surface area contributed by atoms with Crippen molar-refractivity contribution in [3.63, 3.8) is 0 Å². The predicted octanol–water partition coefficient (Wildman–Crippen LogP) is 1.81. The Hall–Kier alpha value is -1.33. The van der Waals surface area contributed by atoms with Gasteiger partial charge in [-0.25, -0.2) is 5.84 Å². The minimum Gasteiger partial charge on any atom is -0.456 e. The molecule has 0 unspecified atom stereocenters. The van der Waals surface area contributed by atoms with Crippen LogP contribution in [0.1, 0.15) is 48.1 Å². The van der Waals surface area contributed by atoms with Crippen LogP contribution in [0.15, 0.2) is 10.5 Å². The van der Waals surface area contributed by atoms with Crippen LogP contribution >= 0.6 is 0 Å². The van der Waals surface area contributed by atoms with Gasteiger partial charge in [0.1, 0.15) is 5.76 Å². The summed E-state index contributed by atoms with van der Waals surface area (Å²) in [6, 6.07) is 1.79. The van der Waals surface area contributed by atoms with Gasteiger partial charge in [-0.2, -0.15) is 0 Å². The molecular weight excluding hydrogens is 242 g/mol. The standard InChI is InChI=1S/C14H23N3O2/c1-3-17(8-11-5-4-6-11)9-12-7-13(14(18)16-15)19-10(12)2/h7,11H,3-6,8-9,15H2,1-2H3,(H,16,18). The molecule has 106 valence electrons. The monoisotopic (exact) mass is 265 g/mol. The molecule has 0 radical (unpaired) electrons. The lowest BCUT2D eigenvalue weighted by atomic mass is 9.85. The average Bonchev–Trinajstić information content (AvgIpc) is 2.72. The van der Waals surface area contributed by atoms with Crippen molar-refractivity contribution in [2.75, 3.05) is 13.1 Å². The van der Waals surface area contributed by atoms with E-state index in [-0.39, 0.29) is 11.7 Å². The molecule has 0 saturated heterocycles. The highest BCUT2D eigenvalue weighted by Gasteiger charge is 2.21. The van der Waals surface area contributed by atoms with Crippen LogP contribution in [0.3, 0.4) is 0 Å². The number of aryl methyl sites for hydroxylation is 1. The summed E-state index contributed by atoms with van der Waals surface area (Å²) in [4.78, 5) is 13.8. The number of nitrogens with two attached hydrogens (primary N) is 1. The lowest BCUT2D eigenvalue weighted by Crippen LogP contribution is -2.32. The number of hydrogen-bond acceptors (Lipinski definition) is 4. The van der Waals surface area contributed by atoms with Gasteiger partial charge in [-0.05, 0) is 38.3 Å². The summed E-state index contributed by atoms with van der Waals surface area (Å²) in [6.07, 6.45) is 4.07. The Morgan fingerprint density at radius 2 is 2.32 bits per heavy atom. The fourth-order valence-electron chi connectivity index (χ4n) is 2.45. The van der Waals surface area contributed by atoms with Crippen molar-refractivity contribution < 1.29 is 9.21 Å². The molecule has 1 heterocycles. The van der Waals surface area contributed by atoms with Crippen LogP contribution < -0.4 is 11.3 Å². The SMILES string of the molecule is CCN(Cc1cc(C(=O)NN)oc1C)CC1CCC1. The number of nitrogens with zero attached hydrogens (tertiary/aromatic N) is 1. The van der Waals surface area contributed by atoms with Gasteiger partial charge in [-0.1, -0.05) is 13.3 Å². The Morgan fingerprint density at radius 1 is 1.58 bits per heavy atom. The molecule has 0 atom stereocenters. The minimum atomic E-state index is -0.378. The number of carbonyl (C=O) groups excluding carboxylic acids is 1. The van der Waals surface area contributed by atoms with Crippen molar-refractivity contribution in [1.82, 2.24) is 10.3 Å². The molecule has 3 N–H and O–H groups in total. The molecule has 0 aliphatic heterocycles. The van der Waals surface area contributed by atoms with Crippen LogP contribution in [0.5, 0.6) is 0 Å². The lowest BCUT2D eigenvalue weighted by Gasteiger charge is -2.31. The second-order valence-electron chi connectivity index (χ2n) is 5.29. The summed E-state index contributed by atoms with van der Waals surface area (Å²) in [5.41, 5.74) is 3.16. The summed E-state index contributed by atoms with van der Waals surface area (Å²) in [7, 11) is 0. The van der Waals surface area contributed by atoms with Crippen molar-refractivity contribution in [2.45, 2.75) is 39.7 Å². The summed E-state index contributed by atoms with van der Waals surface area (Å²) in [5.74, 6) is 6.66. The van der Waals surface area contributed by atoms with Crippen LogP contribution in [0.25, 0.3) is 0 Å². The molecule has 5 heteroatoms. The van der Waals surface area contributed by atoms with Crippen LogP contribution in [-0.4, -0.2) is 23.9 Å². The first-order valence-electron chi connectivity index (χ1n) is 6.96. The third kappa shape index (κ3) is 3.36. The van der Waals surface area contributed by atoms with E-state index in [9.17, 15) is 4.79 Å². The zero-order valence-corrected chi connectivity index (χ0v) is 11.7. The van der Waals surface area contributed by atoms with Crippen LogP contribution in [0, 0.1) is 12.8 Å². The third-order valence-electron chi connectivity index (χ3n) is 3.96. The third-order valence-corrected chi connectivity index (χ3v) is 3.96. The smallest absolute Gasteiger partial charge is 0.300 e. The largest absolute Gasteiger partial charge is 0.456 e. The second-order valence-corrected chi connectivity index (χ2v) is 5.29. The van der Waals surface area contributed by atoms with Gasteiger partial charge in [0.05, 0.1) is 0 Å². The van der Waals surface area contributed by atoms with Crippen molar-refractivity contribution in [2.24, 2.45) is 11.8 Å². The Labute approximate surface area is 114 Å². The van der Waals surface area contributed by atoms with E-state index in [1.54, 1.807) is 6.07 Å². The number of carbonyl (C=O) groups is 1. The molecule has 1 aliphatic carbocycles. The molecule has 0 aromatic carbocycles. The predicted molar refractivity (Wildman–Crippen MR) is 73.4 cm³/mol. The van der Waals surface area contributed by atoms with Crippen molar-refractivity contribution >= 4 is 5.91 Å². The van der Waals surface area contributed by atoms with Crippen LogP contribution in [0.4, 0.5) is 0 Å². The molecule has 1 amide bonds. The van der Waals surface area contributed by atoms with Gasteiger partial charge in [0, 0.05) is 18.7 Å². The molecular formula is C14H23N3O2. The fraction of sp³-hybridized carbons (Fsp3) is 0.643. The van der Waals surface area contributed by atoms with E-state index >= 15 is 0 Å². The van der Waals surface area contributed by atoms with Gasteiger partial charge >= 0.3 is 5.91 Å². The molecule has 0 spiro atoms. The normalized spacial score (nSPS) is 15.6. The maximum absolute atomic E-state index is 11.4. The molecule has 1 saturated carbocycles. The summed E-state index contributed by atoms with van der Waals surface area (Å²) in [6.45, 7) is 7.04. The number of nitrogens with one attached hydrogen (secondary N) is 1. The fourth-order valence-corrected chi connectivity index (χ4v) is 2.45. The van der Waals surface area contributed by atoms with E-state index in [4.69, 9.17) is 10.3 Å². The molecule has 5 nitrogen and oxygen atoms in total. The maximum Gasteiger partial charge on any atom is 0.300 e. The number of hydrazine groups is 1. The topological polar surface area (TPSA) is 71.5 Å². The number of hydrogen-bond donors (Lipinski definition) is 2. The van der Waals surface area contributed by atoms with Crippen LogP contribution in [-0.2, 0) is 6.54 Å². The molecule has 2 rings (SSSR count). The Bertz CT molecular complexity index is 438. The first-order valence-corrected chi connectivity index (χ1v) is 6.96. The van der Waals surface area contributed by atoms with E-state index in [2.05, 4.69) is 17.2 Å². The quantitative estimate of drug-likeness (QED) is 0.467. The van der Waals surface area contributed by atoms with Crippen LogP contribution in [0.2, 0.25) is 0 Å². The average molecular weight is 265 g/mol. The van der Waals surface area contributed by atoms with E-state index in [0.29, 0.717) is 0 Å². The molecule has 1 fully saturated rings. The van der Waals surface area contributed by atoms with Crippen molar-refractivity contribution in [3.05, 3.63) is 23.2 Å². The summed E-state index contributed by atoms with van der Waals surface area (Å²) < 4.78 is 5.44. The lowest BCUT2D eigenvalue weighted by molar-refractivity contribution is 0.0924.